The fraction of sp³-hybridized carbons (Fsp3) is 0.286. The van der Waals surface area contributed by atoms with Crippen molar-refractivity contribution in [3.8, 4) is 0 Å². The molecule has 1 aliphatic rings. The number of hydrazine groups is 1. The first-order valence-electron chi connectivity index (χ1n) is 3.27. The number of carboxylic acids is 1. The van der Waals surface area contributed by atoms with Gasteiger partial charge >= 0.3 is 5.97 Å². The van der Waals surface area contributed by atoms with Crippen molar-refractivity contribution in [2.75, 3.05) is 0 Å². The summed E-state index contributed by atoms with van der Waals surface area (Å²) < 4.78 is 0. The van der Waals surface area contributed by atoms with Gasteiger partial charge < -0.3 is 5.11 Å². The monoisotopic (exact) mass is 154 g/mol. The average molecular weight is 154 g/mol. The number of hydrogen-bond donors (Lipinski definition) is 3. The van der Waals surface area contributed by atoms with Crippen LogP contribution in [0.15, 0.2) is 24.3 Å². The summed E-state index contributed by atoms with van der Waals surface area (Å²) >= 11 is 0. The van der Waals surface area contributed by atoms with Crippen LogP contribution in [-0.2, 0) is 4.79 Å². The molecule has 0 bridgehead atoms. The quantitative estimate of drug-likeness (QED) is 0.380. The Bertz CT molecular complexity index is 222. The van der Waals surface area contributed by atoms with Crippen LogP contribution >= 0.6 is 0 Å². The molecule has 1 unspecified atom stereocenters. The Morgan fingerprint density at radius 2 is 2.36 bits per heavy atom. The molecule has 1 rings (SSSR count). The summed E-state index contributed by atoms with van der Waals surface area (Å²) in [6, 6.07) is 0. The third-order valence-corrected chi connectivity index (χ3v) is 1.71. The Hall–Kier alpha value is -1.13. The smallest absolute Gasteiger partial charge is 0.329 e. The van der Waals surface area contributed by atoms with Crippen molar-refractivity contribution < 1.29 is 9.90 Å². The largest absolute Gasteiger partial charge is 0.480 e. The first-order valence-corrected chi connectivity index (χ1v) is 3.27. The van der Waals surface area contributed by atoms with Gasteiger partial charge in [-0.1, -0.05) is 24.3 Å². The fourth-order valence-corrected chi connectivity index (χ4v) is 0.948. The lowest BCUT2D eigenvalue weighted by atomic mass is 9.92. The summed E-state index contributed by atoms with van der Waals surface area (Å²) in [4.78, 5) is 10.7. The van der Waals surface area contributed by atoms with Crippen molar-refractivity contribution in [3.05, 3.63) is 24.3 Å². The molecule has 60 valence electrons. The normalized spacial score (nSPS) is 28.8. The Labute approximate surface area is 64.4 Å². The standard InChI is InChI=1S/C7H10N2O2/c8-9-7(6(10)11)4-2-1-3-5-7/h1-4,9H,5,8H2,(H,10,11). The summed E-state index contributed by atoms with van der Waals surface area (Å²) in [7, 11) is 0. The molecule has 0 aromatic rings. The van der Waals surface area contributed by atoms with E-state index in [1.807, 2.05) is 0 Å². The zero-order chi connectivity index (χ0) is 8.32. The van der Waals surface area contributed by atoms with Gasteiger partial charge in [-0.15, -0.1) is 0 Å². The van der Waals surface area contributed by atoms with Gasteiger partial charge in [0, 0.05) is 0 Å². The first kappa shape index (κ1) is 7.97. The van der Waals surface area contributed by atoms with Gasteiger partial charge in [0.2, 0.25) is 0 Å². The number of allylic oxidation sites excluding steroid dienone is 2. The summed E-state index contributed by atoms with van der Waals surface area (Å²) in [5.74, 6) is 4.17. The summed E-state index contributed by atoms with van der Waals surface area (Å²) in [6.07, 6.45) is 7.13. The van der Waals surface area contributed by atoms with E-state index in [-0.39, 0.29) is 0 Å². The van der Waals surface area contributed by atoms with Crippen molar-refractivity contribution in [1.82, 2.24) is 5.43 Å². The molecule has 1 atom stereocenters. The van der Waals surface area contributed by atoms with Crippen molar-refractivity contribution in [2.45, 2.75) is 12.0 Å². The predicted octanol–water partition coefficient (Wildman–Crippen LogP) is -0.211. The molecule has 0 aliphatic heterocycles. The SMILES string of the molecule is NNC1(C(=O)O)C=CC=CC1. The van der Waals surface area contributed by atoms with E-state index in [0.717, 1.165) is 0 Å². The summed E-state index contributed by atoms with van der Waals surface area (Å²) in [5, 5.41) is 8.76. The molecule has 0 spiro atoms. The van der Waals surface area contributed by atoms with Gasteiger partial charge in [-0.25, -0.2) is 10.2 Å². The van der Waals surface area contributed by atoms with E-state index in [0.29, 0.717) is 6.42 Å². The van der Waals surface area contributed by atoms with E-state index in [4.69, 9.17) is 10.9 Å². The average Bonchev–Trinajstić information content (AvgIpc) is 2.05. The molecule has 4 nitrogen and oxygen atoms in total. The summed E-state index contributed by atoms with van der Waals surface area (Å²) in [5.41, 5.74) is 1.18. The van der Waals surface area contributed by atoms with Gasteiger partial charge in [0.05, 0.1) is 0 Å². The lowest BCUT2D eigenvalue weighted by Gasteiger charge is -2.24. The minimum absolute atomic E-state index is 0.384. The van der Waals surface area contributed by atoms with Crippen molar-refractivity contribution in [2.24, 2.45) is 5.84 Å². The van der Waals surface area contributed by atoms with Crippen molar-refractivity contribution >= 4 is 5.97 Å². The Morgan fingerprint density at radius 1 is 1.64 bits per heavy atom. The zero-order valence-electron chi connectivity index (χ0n) is 5.95. The number of rotatable bonds is 2. The Kier molecular flexibility index (Phi) is 2.07. The first-order chi connectivity index (χ1) is 5.21. The van der Waals surface area contributed by atoms with E-state index in [1.54, 1.807) is 18.2 Å². The van der Waals surface area contributed by atoms with Crippen LogP contribution in [0.4, 0.5) is 0 Å². The minimum atomic E-state index is -1.10. The molecule has 11 heavy (non-hydrogen) atoms. The highest BCUT2D eigenvalue weighted by atomic mass is 16.4. The highest BCUT2D eigenvalue weighted by Crippen LogP contribution is 2.16. The van der Waals surface area contributed by atoms with Gasteiger partial charge in [-0.3, -0.25) is 5.84 Å². The van der Waals surface area contributed by atoms with Crippen LogP contribution < -0.4 is 11.3 Å². The maximum absolute atomic E-state index is 10.7. The molecular weight excluding hydrogens is 144 g/mol. The summed E-state index contributed by atoms with van der Waals surface area (Å²) in [6.45, 7) is 0. The van der Waals surface area contributed by atoms with Crippen molar-refractivity contribution in [1.29, 1.82) is 0 Å². The number of carbonyl (C=O) groups is 1. The van der Waals surface area contributed by atoms with E-state index in [1.165, 1.54) is 6.08 Å². The van der Waals surface area contributed by atoms with Crippen molar-refractivity contribution in [3.63, 3.8) is 0 Å². The molecule has 4 N–H and O–H groups in total. The van der Waals surface area contributed by atoms with Crippen LogP contribution in [0.2, 0.25) is 0 Å². The van der Waals surface area contributed by atoms with Gasteiger partial charge in [0.15, 0.2) is 5.54 Å². The van der Waals surface area contributed by atoms with E-state index < -0.39 is 11.5 Å². The third kappa shape index (κ3) is 1.31. The van der Waals surface area contributed by atoms with Crippen LogP contribution in [0, 0.1) is 0 Å². The van der Waals surface area contributed by atoms with Gasteiger partial charge in [-0.05, 0) is 6.42 Å². The molecule has 4 heteroatoms. The fourth-order valence-electron chi connectivity index (χ4n) is 0.948. The van der Waals surface area contributed by atoms with E-state index >= 15 is 0 Å². The number of aliphatic carboxylic acids is 1. The molecule has 0 heterocycles. The van der Waals surface area contributed by atoms with Crippen LogP contribution in [0.25, 0.3) is 0 Å². The maximum Gasteiger partial charge on any atom is 0.329 e. The molecule has 0 radical (unpaired) electrons. The highest BCUT2D eigenvalue weighted by Gasteiger charge is 2.33. The Balaban J connectivity index is 2.85. The van der Waals surface area contributed by atoms with E-state index in [9.17, 15) is 4.79 Å². The second-order valence-corrected chi connectivity index (χ2v) is 2.41. The number of nitrogens with two attached hydrogens (primary N) is 1. The minimum Gasteiger partial charge on any atom is -0.480 e. The molecule has 0 saturated heterocycles. The molecule has 0 aromatic heterocycles. The second-order valence-electron chi connectivity index (χ2n) is 2.41. The lowest BCUT2D eigenvalue weighted by Crippen LogP contribution is -2.54. The topological polar surface area (TPSA) is 75.3 Å². The second kappa shape index (κ2) is 2.86. The number of carboxylic acid groups (broad SMARTS) is 1. The van der Waals surface area contributed by atoms with Gasteiger partial charge in [-0.2, -0.15) is 0 Å². The van der Waals surface area contributed by atoms with Gasteiger partial charge in [0.25, 0.3) is 0 Å². The van der Waals surface area contributed by atoms with Gasteiger partial charge in [0.1, 0.15) is 0 Å². The molecule has 0 amide bonds. The molecule has 1 aliphatic carbocycles. The molecule has 0 aromatic carbocycles. The van der Waals surface area contributed by atoms with E-state index in [2.05, 4.69) is 5.43 Å². The van der Waals surface area contributed by atoms with Crippen LogP contribution in [0.5, 0.6) is 0 Å². The highest BCUT2D eigenvalue weighted by molar-refractivity contribution is 5.82. The predicted molar refractivity (Wildman–Crippen MR) is 40.6 cm³/mol. The zero-order valence-corrected chi connectivity index (χ0v) is 5.95. The Morgan fingerprint density at radius 3 is 2.64 bits per heavy atom. The van der Waals surface area contributed by atoms with Crippen LogP contribution in [-0.4, -0.2) is 16.6 Å². The number of nitrogens with one attached hydrogen (secondary N) is 1. The van der Waals surface area contributed by atoms with Crippen LogP contribution in [0.3, 0.4) is 0 Å². The maximum atomic E-state index is 10.7. The molecular formula is C7H10N2O2. The third-order valence-electron chi connectivity index (χ3n) is 1.71. The van der Waals surface area contributed by atoms with Crippen LogP contribution in [0.1, 0.15) is 6.42 Å². The lowest BCUT2D eigenvalue weighted by molar-refractivity contribution is -0.142. The number of hydrogen-bond acceptors (Lipinski definition) is 3. The molecule has 0 fully saturated rings. The molecule has 0 saturated carbocycles.